The van der Waals surface area contributed by atoms with Crippen molar-refractivity contribution in [2.24, 2.45) is 0 Å². The first-order valence-corrected chi connectivity index (χ1v) is 7.71. The number of hydrogen-bond donors (Lipinski definition) is 2. The number of benzene rings is 1. The minimum Gasteiger partial charge on any atom is -0.496 e. The Hall–Kier alpha value is -0.630. The van der Waals surface area contributed by atoms with E-state index in [1.165, 1.54) is 7.11 Å². The number of carbonyl (C=O) groups excluding carboxylic acids is 1. The van der Waals surface area contributed by atoms with Crippen LogP contribution in [0.3, 0.4) is 0 Å². The average molecular weight is 436 g/mol. The summed E-state index contributed by atoms with van der Waals surface area (Å²) in [6.07, 6.45) is 0. The van der Waals surface area contributed by atoms with Crippen LogP contribution in [0.2, 0.25) is 5.02 Å². The molecule has 0 radical (unpaired) electrons. The molecule has 0 spiro atoms. The van der Waals surface area contributed by atoms with E-state index >= 15 is 0 Å². The molecular weight excluding hydrogens is 410 g/mol. The van der Waals surface area contributed by atoms with Gasteiger partial charge in [-0.05, 0) is 13.1 Å². The van der Waals surface area contributed by atoms with Gasteiger partial charge in [0.05, 0.1) is 23.4 Å². The Morgan fingerprint density at radius 1 is 1.24 bits per heavy atom. The highest BCUT2D eigenvalue weighted by atomic mass is 35.5. The lowest BCUT2D eigenvalue weighted by atomic mass is 10.1. The van der Waals surface area contributed by atoms with E-state index < -0.39 is 0 Å². The van der Waals surface area contributed by atoms with Crippen LogP contribution in [0.5, 0.6) is 5.75 Å². The van der Waals surface area contributed by atoms with E-state index in [2.05, 4.69) is 22.2 Å². The monoisotopic (exact) mass is 434 g/mol. The van der Waals surface area contributed by atoms with Gasteiger partial charge in [-0.3, -0.25) is 9.69 Å². The van der Waals surface area contributed by atoms with Gasteiger partial charge in [0.1, 0.15) is 5.75 Å². The van der Waals surface area contributed by atoms with Crippen molar-refractivity contribution in [3.8, 4) is 5.75 Å². The number of nitrogen functional groups attached to an aromatic ring is 1. The van der Waals surface area contributed by atoms with Crippen molar-refractivity contribution < 1.29 is 9.53 Å². The van der Waals surface area contributed by atoms with Crippen LogP contribution in [0.25, 0.3) is 0 Å². The molecule has 0 bridgehead atoms. The summed E-state index contributed by atoms with van der Waals surface area (Å²) in [6.45, 7) is 5.62. The quantitative estimate of drug-likeness (QED) is 0.693. The third-order valence-corrected chi connectivity index (χ3v) is 4.20. The van der Waals surface area contributed by atoms with Crippen LogP contribution in [0.4, 0.5) is 5.69 Å². The summed E-state index contributed by atoms with van der Waals surface area (Å²) in [6, 6.07) is 3.11. The van der Waals surface area contributed by atoms with Gasteiger partial charge in [-0.15, -0.1) is 37.2 Å². The van der Waals surface area contributed by atoms with Crippen molar-refractivity contribution in [2.75, 3.05) is 59.2 Å². The Morgan fingerprint density at radius 3 is 2.40 bits per heavy atom. The molecule has 3 N–H and O–H groups in total. The van der Waals surface area contributed by atoms with E-state index in [-0.39, 0.29) is 43.1 Å². The predicted octanol–water partition coefficient (Wildman–Crippen LogP) is 2.17. The summed E-state index contributed by atoms with van der Waals surface area (Å²) in [7, 11) is 3.62. The Kier molecular flexibility index (Phi) is 13.5. The standard InChI is InChI=1S/C15H23ClN4O2.3ClH/c1-19-5-7-20(8-6-19)4-3-18-15(21)11-9-12(16)13(17)10-14(11)22-2;;;/h9-10H,3-8,17H2,1-2H3,(H,18,21);3*1H. The highest BCUT2D eigenvalue weighted by Gasteiger charge is 2.16. The van der Waals surface area contributed by atoms with Gasteiger partial charge in [0.15, 0.2) is 0 Å². The molecule has 1 aliphatic rings. The van der Waals surface area contributed by atoms with Gasteiger partial charge >= 0.3 is 0 Å². The number of carbonyl (C=O) groups is 1. The second kappa shape index (κ2) is 12.7. The van der Waals surface area contributed by atoms with Gasteiger partial charge in [-0.25, -0.2) is 0 Å². The predicted molar refractivity (Wildman–Crippen MR) is 110 cm³/mol. The van der Waals surface area contributed by atoms with E-state index in [1.54, 1.807) is 12.1 Å². The minimum absolute atomic E-state index is 0. The molecule has 0 atom stereocenters. The molecule has 1 fully saturated rings. The second-order valence-corrected chi connectivity index (χ2v) is 5.88. The van der Waals surface area contributed by atoms with Gasteiger partial charge < -0.3 is 20.7 Å². The maximum absolute atomic E-state index is 12.3. The normalized spacial score (nSPS) is 14.5. The van der Waals surface area contributed by atoms with Crippen LogP contribution in [0.15, 0.2) is 12.1 Å². The maximum Gasteiger partial charge on any atom is 0.255 e. The summed E-state index contributed by atoms with van der Waals surface area (Å²) in [5, 5.41) is 3.26. The fourth-order valence-corrected chi connectivity index (χ4v) is 2.57. The largest absolute Gasteiger partial charge is 0.496 e. The van der Waals surface area contributed by atoms with Crippen molar-refractivity contribution in [1.29, 1.82) is 0 Å². The van der Waals surface area contributed by atoms with Crippen molar-refractivity contribution in [3.63, 3.8) is 0 Å². The van der Waals surface area contributed by atoms with Crippen LogP contribution in [-0.2, 0) is 0 Å². The van der Waals surface area contributed by atoms with Gasteiger partial charge in [0.2, 0.25) is 0 Å². The van der Waals surface area contributed by atoms with Crippen LogP contribution < -0.4 is 15.8 Å². The first kappa shape index (κ1) is 26.6. The molecule has 1 aromatic carbocycles. The average Bonchev–Trinajstić information content (AvgIpc) is 2.51. The molecular formula is C15H26Cl4N4O2. The zero-order valence-corrected chi connectivity index (χ0v) is 17.5. The van der Waals surface area contributed by atoms with Gasteiger partial charge in [-0.1, -0.05) is 11.6 Å². The molecule has 0 aromatic heterocycles. The zero-order chi connectivity index (χ0) is 16.1. The number of ether oxygens (including phenoxy) is 1. The van der Waals surface area contributed by atoms with E-state index in [0.717, 1.165) is 32.7 Å². The number of nitrogens with two attached hydrogens (primary N) is 1. The van der Waals surface area contributed by atoms with Gasteiger partial charge in [0.25, 0.3) is 5.91 Å². The zero-order valence-electron chi connectivity index (χ0n) is 14.3. The number of amides is 1. The van der Waals surface area contributed by atoms with E-state index in [4.69, 9.17) is 22.1 Å². The highest BCUT2D eigenvalue weighted by molar-refractivity contribution is 6.33. The lowest BCUT2D eigenvalue weighted by Gasteiger charge is -2.32. The molecule has 1 aromatic rings. The Labute approximate surface area is 172 Å². The SMILES string of the molecule is COc1cc(N)c(Cl)cc1C(=O)NCCN1CCN(C)CC1.Cl.Cl.Cl. The van der Waals surface area contributed by atoms with Gasteiger partial charge in [0, 0.05) is 45.3 Å². The first-order valence-electron chi connectivity index (χ1n) is 7.33. The first-order chi connectivity index (χ1) is 10.5. The van der Waals surface area contributed by atoms with Crippen molar-refractivity contribution in [1.82, 2.24) is 15.1 Å². The lowest BCUT2D eigenvalue weighted by Crippen LogP contribution is -2.46. The van der Waals surface area contributed by atoms with E-state index in [0.29, 0.717) is 28.6 Å². The summed E-state index contributed by atoms with van der Waals surface area (Å²) in [5.41, 5.74) is 6.52. The smallest absolute Gasteiger partial charge is 0.255 e. The molecule has 25 heavy (non-hydrogen) atoms. The summed E-state index contributed by atoms with van der Waals surface area (Å²) < 4.78 is 5.19. The third-order valence-electron chi connectivity index (χ3n) is 3.87. The minimum atomic E-state index is -0.201. The van der Waals surface area contributed by atoms with Crippen LogP contribution in [0, 0.1) is 0 Å². The number of rotatable bonds is 5. The molecule has 1 saturated heterocycles. The molecule has 1 aliphatic heterocycles. The maximum atomic E-state index is 12.3. The molecule has 6 nitrogen and oxygen atoms in total. The number of piperazine rings is 1. The van der Waals surface area contributed by atoms with E-state index in [9.17, 15) is 4.79 Å². The molecule has 0 unspecified atom stereocenters. The number of hydrogen-bond acceptors (Lipinski definition) is 5. The highest BCUT2D eigenvalue weighted by Crippen LogP contribution is 2.28. The number of anilines is 1. The Bertz CT molecular complexity index is 541. The molecule has 1 amide bonds. The Morgan fingerprint density at radius 2 is 1.84 bits per heavy atom. The van der Waals surface area contributed by atoms with Crippen molar-refractivity contribution >= 4 is 60.4 Å². The van der Waals surface area contributed by atoms with Crippen LogP contribution >= 0.6 is 48.8 Å². The fourth-order valence-electron chi connectivity index (χ4n) is 2.41. The number of nitrogens with zero attached hydrogens (tertiary/aromatic N) is 2. The topological polar surface area (TPSA) is 70.8 Å². The Balaban J connectivity index is 0. The van der Waals surface area contributed by atoms with Crippen molar-refractivity contribution in [3.05, 3.63) is 22.7 Å². The van der Waals surface area contributed by atoms with Crippen molar-refractivity contribution in [2.45, 2.75) is 0 Å². The fraction of sp³-hybridized carbons (Fsp3) is 0.533. The lowest BCUT2D eigenvalue weighted by molar-refractivity contribution is 0.0938. The molecule has 0 saturated carbocycles. The number of halogens is 4. The second-order valence-electron chi connectivity index (χ2n) is 5.47. The van der Waals surface area contributed by atoms with Crippen LogP contribution in [-0.4, -0.2) is 69.1 Å². The molecule has 2 rings (SSSR count). The third kappa shape index (κ3) is 7.64. The van der Waals surface area contributed by atoms with Gasteiger partial charge in [-0.2, -0.15) is 0 Å². The molecule has 1 heterocycles. The molecule has 0 aliphatic carbocycles. The summed E-state index contributed by atoms with van der Waals surface area (Å²) in [5.74, 6) is 0.229. The summed E-state index contributed by atoms with van der Waals surface area (Å²) in [4.78, 5) is 16.9. The number of likely N-dealkylation sites (N-methyl/N-ethyl adjacent to an activating group) is 1. The number of methoxy groups -OCH3 is 1. The summed E-state index contributed by atoms with van der Waals surface area (Å²) >= 11 is 5.98. The van der Waals surface area contributed by atoms with E-state index in [1.807, 2.05) is 0 Å². The molecule has 146 valence electrons. The molecule has 10 heteroatoms. The number of nitrogens with one attached hydrogen (secondary N) is 1. The van der Waals surface area contributed by atoms with Crippen LogP contribution in [0.1, 0.15) is 10.4 Å².